The largest absolute Gasteiger partial charge is 0.417 e. The summed E-state index contributed by atoms with van der Waals surface area (Å²) in [4.78, 5) is 0. The Kier molecular flexibility index (Phi) is 8.19. The van der Waals surface area contributed by atoms with E-state index >= 15 is 0 Å². The second kappa shape index (κ2) is 9.11. The van der Waals surface area contributed by atoms with Gasteiger partial charge in [0, 0.05) is 12.6 Å². The fourth-order valence-corrected chi connectivity index (χ4v) is 6.40. The Balaban J connectivity index is 2.17. The third kappa shape index (κ3) is 5.41. The molecule has 1 rings (SSSR count). The van der Waals surface area contributed by atoms with Crippen molar-refractivity contribution >= 4 is 8.32 Å². The van der Waals surface area contributed by atoms with Crippen LogP contribution in [0.25, 0.3) is 0 Å². The Hall–Kier alpha value is 0.137. The maximum Gasteiger partial charge on any atom is 0.192 e. The highest BCUT2D eigenvalue weighted by molar-refractivity contribution is 6.73. The molecule has 3 heteroatoms. The molecule has 1 saturated carbocycles. The van der Waals surface area contributed by atoms with Crippen LogP contribution in [0.5, 0.6) is 0 Å². The van der Waals surface area contributed by atoms with E-state index in [9.17, 15) is 0 Å². The number of nitrogens with one attached hydrogen (secondary N) is 1. The minimum atomic E-state index is -1.37. The van der Waals surface area contributed by atoms with Crippen LogP contribution >= 0.6 is 0 Å². The van der Waals surface area contributed by atoms with Crippen LogP contribution < -0.4 is 5.32 Å². The molecule has 0 heterocycles. The second-order valence-corrected chi connectivity index (χ2v) is 10.3. The van der Waals surface area contributed by atoms with Crippen molar-refractivity contribution in [2.45, 2.75) is 83.5 Å². The van der Waals surface area contributed by atoms with E-state index in [4.69, 9.17) is 4.43 Å². The maximum atomic E-state index is 6.13. The molecular weight excluding hydrogens is 238 g/mol. The molecule has 0 radical (unpaired) electrons. The Bertz CT molecular complexity index is 201. The minimum Gasteiger partial charge on any atom is -0.417 e. The summed E-state index contributed by atoms with van der Waals surface area (Å²) in [7, 11) is -1.37. The van der Waals surface area contributed by atoms with Gasteiger partial charge in [0.05, 0.1) is 0 Å². The maximum absolute atomic E-state index is 6.13. The normalized spacial score (nSPS) is 18.2. The Morgan fingerprint density at radius 2 is 1.72 bits per heavy atom. The summed E-state index contributed by atoms with van der Waals surface area (Å²) in [6.07, 6.45) is 8.41. The van der Waals surface area contributed by atoms with Gasteiger partial charge in [0.2, 0.25) is 0 Å². The van der Waals surface area contributed by atoms with Gasteiger partial charge in [-0.05, 0) is 50.9 Å². The Labute approximate surface area is 115 Å². The fraction of sp³-hybridized carbons (Fsp3) is 1.00. The van der Waals surface area contributed by atoms with E-state index in [0.29, 0.717) is 0 Å². The van der Waals surface area contributed by atoms with Gasteiger partial charge in [0.25, 0.3) is 0 Å². The van der Waals surface area contributed by atoms with Gasteiger partial charge in [-0.2, -0.15) is 0 Å². The lowest BCUT2D eigenvalue weighted by atomic mass is 9.95. The van der Waals surface area contributed by atoms with Gasteiger partial charge in [0.1, 0.15) is 0 Å². The van der Waals surface area contributed by atoms with Gasteiger partial charge < -0.3 is 9.74 Å². The molecule has 1 aliphatic rings. The van der Waals surface area contributed by atoms with Crippen LogP contribution in [0.4, 0.5) is 0 Å². The molecule has 0 atom stereocenters. The van der Waals surface area contributed by atoms with Crippen molar-refractivity contribution in [1.82, 2.24) is 5.32 Å². The molecule has 0 aromatic carbocycles. The standard InChI is InChI=1S/C15H33NOSi/c1-4-17-18(5-2,6-3)14-10-13-16-15-11-8-7-9-12-15/h15-16H,4-14H2,1-3H3. The molecule has 0 saturated heterocycles. The van der Waals surface area contributed by atoms with Gasteiger partial charge in [-0.15, -0.1) is 0 Å². The van der Waals surface area contributed by atoms with Crippen LogP contribution in [0, 0.1) is 0 Å². The quantitative estimate of drug-likeness (QED) is 0.498. The first-order chi connectivity index (χ1) is 8.76. The summed E-state index contributed by atoms with van der Waals surface area (Å²) in [6, 6.07) is 4.71. The molecule has 1 aliphatic carbocycles. The number of hydrogen-bond donors (Lipinski definition) is 1. The lowest BCUT2D eigenvalue weighted by molar-refractivity contribution is 0.317. The number of hydrogen-bond acceptors (Lipinski definition) is 2. The highest BCUT2D eigenvalue weighted by atomic mass is 28.4. The third-order valence-corrected chi connectivity index (χ3v) is 9.33. The Morgan fingerprint density at radius 1 is 1.06 bits per heavy atom. The zero-order valence-corrected chi connectivity index (χ0v) is 13.8. The molecule has 1 fully saturated rings. The third-order valence-electron chi connectivity index (χ3n) is 4.59. The molecule has 2 nitrogen and oxygen atoms in total. The molecule has 0 amide bonds. The summed E-state index contributed by atoms with van der Waals surface area (Å²) in [5.41, 5.74) is 0. The summed E-state index contributed by atoms with van der Waals surface area (Å²) < 4.78 is 6.13. The first-order valence-corrected chi connectivity index (χ1v) is 10.7. The van der Waals surface area contributed by atoms with E-state index in [2.05, 4.69) is 26.1 Å². The molecular formula is C15H33NOSi. The molecule has 0 aliphatic heterocycles. The SMILES string of the molecule is CCO[Si](CC)(CC)CCCNC1CCCCC1. The van der Waals surface area contributed by atoms with Crippen LogP contribution in [0.2, 0.25) is 18.1 Å². The van der Waals surface area contributed by atoms with E-state index in [0.717, 1.165) is 12.6 Å². The van der Waals surface area contributed by atoms with E-state index in [1.807, 2.05) is 0 Å². The highest BCUT2D eigenvalue weighted by Crippen LogP contribution is 2.24. The zero-order valence-electron chi connectivity index (χ0n) is 12.8. The molecule has 0 bridgehead atoms. The van der Waals surface area contributed by atoms with Gasteiger partial charge in [-0.1, -0.05) is 33.1 Å². The molecule has 18 heavy (non-hydrogen) atoms. The minimum absolute atomic E-state index is 0.810. The molecule has 0 aromatic rings. The summed E-state index contributed by atoms with van der Waals surface area (Å²) in [5.74, 6) is 0. The van der Waals surface area contributed by atoms with E-state index in [1.165, 1.54) is 63.2 Å². The smallest absolute Gasteiger partial charge is 0.192 e. The first-order valence-electron chi connectivity index (χ1n) is 8.13. The van der Waals surface area contributed by atoms with E-state index < -0.39 is 8.32 Å². The fourth-order valence-electron chi connectivity index (χ4n) is 3.21. The summed E-state index contributed by atoms with van der Waals surface area (Å²) in [5, 5.41) is 3.75. The Morgan fingerprint density at radius 3 is 2.28 bits per heavy atom. The average molecular weight is 272 g/mol. The topological polar surface area (TPSA) is 21.3 Å². The highest BCUT2D eigenvalue weighted by Gasteiger charge is 2.29. The van der Waals surface area contributed by atoms with Crippen LogP contribution in [-0.2, 0) is 4.43 Å². The van der Waals surface area contributed by atoms with Crippen LogP contribution in [0.3, 0.4) is 0 Å². The average Bonchev–Trinajstić information content (AvgIpc) is 2.43. The predicted octanol–water partition coefficient (Wildman–Crippen LogP) is 4.32. The van der Waals surface area contributed by atoms with Crippen LogP contribution in [0.15, 0.2) is 0 Å². The molecule has 1 N–H and O–H groups in total. The van der Waals surface area contributed by atoms with Gasteiger partial charge in [-0.3, -0.25) is 0 Å². The predicted molar refractivity (Wildman–Crippen MR) is 82.6 cm³/mol. The van der Waals surface area contributed by atoms with Crippen molar-refractivity contribution in [1.29, 1.82) is 0 Å². The van der Waals surface area contributed by atoms with Crippen molar-refractivity contribution in [2.24, 2.45) is 0 Å². The van der Waals surface area contributed by atoms with Crippen molar-refractivity contribution < 1.29 is 4.43 Å². The lowest BCUT2D eigenvalue weighted by Gasteiger charge is -2.29. The monoisotopic (exact) mass is 271 g/mol. The van der Waals surface area contributed by atoms with Crippen LogP contribution in [-0.4, -0.2) is 27.5 Å². The molecule has 0 aromatic heterocycles. The second-order valence-electron chi connectivity index (χ2n) is 5.72. The number of rotatable bonds is 9. The molecule has 108 valence electrons. The van der Waals surface area contributed by atoms with Gasteiger partial charge >= 0.3 is 0 Å². The lowest BCUT2D eigenvalue weighted by Crippen LogP contribution is -2.38. The van der Waals surface area contributed by atoms with E-state index in [1.54, 1.807) is 0 Å². The summed E-state index contributed by atoms with van der Waals surface area (Å²) >= 11 is 0. The summed E-state index contributed by atoms with van der Waals surface area (Å²) in [6.45, 7) is 8.89. The van der Waals surface area contributed by atoms with Crippen molar-refractivity contribution in [2.75, 3.05) is 13.2 Å². The zero-order chi connectivity index (χ0) is 13.3. The molecule has 0 unspecified atom stereocenters. The van der Waals surface area contributed by atoms with Crippen molar-refractivity contribution in [3.8, 4) is 0 Å². The first kappa shape index (κ1) is 16.2. The van der Waals surface area contributed by atoms with Gasteiger partial charge in [-0.25, -0.2) is 0 Å². The molecule has 0 spiro atoms. The van der Waals surface area contributed by atoms with Gasteiger partial charge in [0.15, 0.2) is 8.32 Å². The van der Waals surface area contributed by atoms with Crippen molar-refractivity contribution in [3.63, 3.8) is 0 Å². The van der Waals surface area contributed by atoms with Crippen molar-refractivity contribution in [3.05, 3.63) is 0 Å². The van der Waals surface area contributed by atoms with Crippen LogP contribution in [0.1, 0.15) is 59.3 Å². The van der Waals surface area contributed by atoms with E-state index in [-0.39, 0.29) is 0 Å².